The zero-order valence-corrected chi connectivity index (χ0v) is 25.9. The Labute approximate surface area is 265 Å². The smallest absolute Gasteiger partial charge is 0.435 e. The van der Waals surface area contributed by atoms with Crippen molar-refractivity contribution >= 4 is 21.7 Å². The summed E-state index contributed by atoms with van der Waals surface area (Å²) >= 11 is 0. The van der Waals surface area contributed by atoms with E-state index >= 15 is 4.39 Å². The number of nitrogens with one attached hydrogen (secondary N) is 1. The van der Waals surface area contributed by atoms with Crippen LogP contribution in [0.15, 0.2) is 47.4 Å². The van der Waals surface area contributed by atoms with Gasteiger partial charge in [0.05, 0.1) is 11.5 Å². The molecule has 2 aliphatic carbocycles. The summed E-state index contributed by atoms with van der Waals surface area (Å²) in [6.07, 6.45) is -12.5. The van der Waals surface area contributed by atoms with Crippen LogP contribution in [-0.2, 0) is 41.0 Å². The molecule has 0 bridgehead atoms. The summed E-state index contributed by atoms with van der Waals surface area (Å²) in [5.74, 6) is -2.50. The van der Waals surface area contributed by atoms with Crippen molar-refractivity contribution in [3.63, 3.8) is 0 Å². The molecule has 16 heteroatoms. The van der Waals surface area contributed by atoms with Crippen molar-refractivity contribution in [3.8, 4) is 0 Å². The van der Waals surface area contributed by atoms with Gasteiger partial charge in [0.25, 0.3) is 0 Å². The molecule has 1 aliphatic heterocycles. The predicted molar refractivity (Wildman–Crippen MR) is 151 cm³/mol. The number of nitrogens with zero attached hydrogens (tertiary/aromatic N) is 1. The summed E-state index contributed by atoms with van der Waals surface area (Å²) in [5, 5.41) is 3.33. The highest BCUT2D eigenvalue weighted by Crippen LogP contribution is 2.59. The van der Waals surface area contributed by atoms with Crippen LogP contribution in [0.1, 0.15) is 49.3 Å². The van der Waals surface area contributed by atoms with E-state index in [4.69, 9.17) is 4.74 Å². The minimum atomic E-state index is -6.34. The Morgan fingerprint density at radius 1 is 1.02 bits per heavy atom. The van der Waals surface area contributed by atoms with Crippen LogP contribution in [0.2, 0.25) is 0 Å². The van der Waals surface area contributed by atoms with E-state index in [0.717, 1.165) is 30.3 Å². The average molecular weight is 697 g/mol. The van der Waals surface area contributed by atoms with Crippen molar-refractivity contribution in [3.05, 3.63) is 65.0 Å². The molecule has 5 rings (SSSR count). The highest BCUT2D eigenvalue weighted by atomic mass is 32.2. The molecule has 2 aromatic carbocycles. The van der Waals surface area contributed by atoms with Crippen LogP contribution in [0.5, 0.6) is 0 Å². The fourth-order valence-corrected chi connectivity index (χ4v) is 9.92. The van der Waals surface area contributed by atoms with Gasteiger partial charge in [0.15, 0.2) is 9.84 Å². The predicted octanol–water partition coefficient (Wildman–Crippen LogP) is 5.51. The number of aryl methyl sites for hydroxylation is 1. The monoisotopic (exact) mass is 696 g/mol. The molecule has 7 nitrogen and oxygen atoms in total. The Morgan fingerprint density at radius 2 is 1.68 bits per heavy atom. The van der Waals surface area contributed by atoms with Gasteiger partial charge in [-0.2, -0.15) is 26.3 Å². The van der Waals surface area contributed by atoms with Gasteiger partial charge in [-0.05, 0) is 79.8 Å². The first kappa shape index (κ1) is 35.0. The molecule has 1 amide bonds. The van der Waals surface area contributed by atoms with Crippen LogP contribution in [-0.4, -0.2) is 69.8 Å². The number of carbonyl (C=O) groups is 2. The first-order valence-electron chi connectivity index (χ1n) is 15.0. The van der Waals surface area contributed by atoms with Crippen LogP contribution in [0.4, 0.5) is 35.1 Å². The number of alkyl halides is 7. The molecular weight excluding hydrogens is 664 g/mol. The second-order valence-corrected chi connectivity index (χ2v) is 14.4. The molecule has 1 saturated carbocycles. The van der Waals surface area contributed by atoms with Gasteiger partial charge in [-0.25, -0.2) is 17.2 Å². The first-order valence-corrected chi connectivity index (χ1v) is 16.5. The lowest BCUT2D eigenvalue weighted by molar-refractivity contribution is -0.348. The van der Waals surface area contributed by atoms with Crippen LogP contribution in [0.25, 0.3) is 0 Å². The van der Waals surface area contributed by atoms with E-state index in [1.807, 2.05) is 0 Å². The number of halogens is 8. The van der Waals surface area contributed by atoms with Gasteiger partial charge in [0.2, 0.25) is 5.91 Å². The molecule has 0 spiro atoms. The lowest BCUT2D eigenvalue weighted by Crippen LogP contribution is -2.51. The molecule has 0 radical (unpaired) electrons. The van der Waals surface area contributed by atoms with Gasteiger partial charge >= 0.3 is 24.0 Å². The van der Waals surface area contributed by atoms with E-state index in [0.29, 0.717) is 12.1 Å². The molecule has 2 aromatic rings. The number of likely N-dealkylation sites (tertiary alicyclic amines) is 1. The summed E-state index contributed by atoms with van der Waals surface area (Å²) in [4.78, 5) is 25.4. The molecule has 1 heterocycles. The average Bonchev–Trinajstić information content (AvgIpc) is 3.55. The first-order chi connectivity index (χ1) is 21.9. The lowest BCUT2D eigenvalue weighted by Gasteiger charge is -2.43. The van der Waals surface area contributed by atoms with E-state index in [-0.39, 0.29) is 86.2 Å². The third kappa shape index (κ3) is 5.89. The molecular formula is C31H32F8N2O5S. The van der Waals surface area contributed by atoms with E-state index in [1.165, 1.54) is 4.90 Å². The number of fused-ring (bicyclic) bond motifs is 3. The number of benzene rings is 2. The summed E-state index contributed by atoms with van der Waals surface area (Å²) in [5.41, 5.74) is -7.57. The number of amides is 1. The normalized spacial score (nSPS) is 25.1. The summed E-state index contributed by atoms with van der Waals surface area (Å²) in [6, 6.07) is 5.08. The van der Waals surface area contributed by atoms with Crippen molar-refractivity contribution < 1.29 is 57.9 Å². The molecule has 3 aliphatic rings. The fourth-order valence-electron chi connectivity index (χ4n) is 7.45. The van der Waals surface area contributed by atoms with Gasteiger partial charge in [0.1, 0.15) is 17.1 Å². The van der Waals surface area contributed by atoms with Gasteiger partial charge in [-0.1, -0.05) is 18.2 Å². The molecule has 0 unspecified atom stereocenters. The van der Waals surface area contributed by atoms with Gasteiger partial charge < -0.3 is 15.0 Å². The summed E-state index contributed by atoms with van der Waals surface area (Å²) < 4.78 is 142. The minimum Gasteiger partial charge on any atom is -0.465 e. The highest BCUT2D eigenvalue weighted by Gasteiger charge is 2.73. The number of carbonyl (C=O) groups excluding carboxylic acids is 2. The second-order valence-electron chi connectivity index (χ2n) is 12.2. The molecule has 258 valence electrons. The number of ether oxygens (including phenoxy) is 1. The molecule has 1 N–H and O–H groups in total. The molecule has 2 fully saturated rings. The highest BCUT2D eigenvalue weighted by molar-refractivity contribution is 7.92. The number of sulfone groups is 1. The van der Waals surface area contributed by atoms with Crippen LogP contribution >= 0.6 is 0 Å². The Morgan fingerprint density at radius 3 is 2.30 bits per heavy atom. The quantitative estimate of drug-likeness (QED) is 0.211. The SMILES string of the molecule is CCOC(=O)CN1C[C@@H](CN[C@@H]2CC[C@@]3(S(=O)(=O)c4ccc(F)cc4)c4ccc(C(F)(C(F)(F)F)C(F)(F)F)cc4CC[C@@H]23)CC1=O. The Hall–Kier alpha value is -3.27. The second kappa shape index (κ2) is 12.3. The largest absolute Gasteiger partial charge is 0.465 e. The number of rotatable bonds is 9. The van der Waals surface area contributed by atoms with Gasteiger partial charge in [0, 0.05) is 31.1 Å². The van der Waals surface area contributed by atoms with Gasteiger partial charge in [-0.3, -0.25) is 9.59 Å². The third-order valence-corrected chi connectivity index (χ3v) is 12.1. The summed E-state index contributed by atoms with van der Waals surface area (Å²) in [7, 11) is -4.46. The number of esters is 1. The zero-order chi connectivity index (χ0) is 34.6. The van der Waals surface area contributed by atoms with Crippen molar-refractivity contribution in [1.82, 2.24) is 10.2 Å². The van der Waals surface area contributed by atoms with Crippen LogP contribution < -0.4 is 5.32 Å². The fraction of sp³-hybridized carbons (Fsp3) is 0.548. The number of hydrogen-bond donors (Lipinski definition) is 1. The Balaban J connectivity index is 1.50. The maximum absolute atomic E-state index is 15.0. The standard InChI is InChI=1S/C31H32F8N2O5S/c1-2-46-27(43)17-41-16-18(13-26(41)42)15-40-25-11-12-28(47(44,45)22-7-5-21(32)6-8-22)23-10-4-20(14-19(23)3-9-24(25)28)29(33,30(34,35)36)31(37,38)39/h4-8,10,14,18,24-25,40H,2-3,9,11-13,15-17H2,1H3/t18-,24+,25-,28-/m1/s1. The van der Waals surface area contributed by atoms with Crippen molar-refractivity contribution in [1.29, 1.82) is 0 Å². The van der Waals surface area contributed by atoms with Crippen LogP contribution in [0.3, 0.4) is 0 Å². The minimum absolute atomic E-state index is 0.0183. The maximum Gasteiger partial charge on any atom is 0.435 e. The van der Waals surface area contributed by atoms with Crippen molar-refractivity contribution in [2.24, 2.45) is 11.8 Å². The maximum atomic E-state index is 15.0. The zero-order valence-electron chi connectivity index (χ0n) is 25.1. The van der Waals surface area contributed by atoms with E-state index in [9.17, 15) is 48.7 Å². The molecule has 47 heavy (non-hydrogen) atoms. The van der Waals surface area contributed by atoms with E-state index in [2.05, 4.69) is 5.32 Å². The van der Waals surface area contributed by atoms with Gasteiger partial charge in [-0.15, -0.1) is 0 Å². The molecule has 4 atom stereocenters. The van der Waals surface area contributed by atoms with Crippen molar-refractivity contribution in [2.75, 3.05) is 26.2 Å². The third-order valence-electron chi connectivity index (χ3n) is 9.57. The van der Waals surface area contributed by atoms with Crippen molar-refractivity contribution in [2.45, 2.75) is 72.7 Å². The molecule has 0 aromatic heterocycles. The molecule has 1 saturated heterocycles. The topological polar surface area (TPSA) is 92.8 Å². The van der Waals surface area contributed by atoms with E-state index < -0.39 is 61.9 Å². The number of hydrogen-bond acceptors (Lipinski definition) is 6. The van der Waals surface area contributed by atoms with Crippen LogP contribution in [0, 0.1) is 17.7 Å². The Kier molecular flexibility index (Phi) is 9.18. The lowest BCUT2D eigenvalue weighted by atomic mass is 9.74. The van der Waals surface area contributed by atoms with E-state index in [1.54, 1.807) is 6.92 Å². The Bertz CT molecular complexity index is 1620. The summed E-state index contributed by atoms with van der Waals surface area (Å²) in [6.45, 7) is 2.08.